The number of rotatable bonds is 5. The molecule has 0 unspecified atom stereocenters. The minimum atomic E-state index is -5.17. The summed E-state index contributed by atoms with van der Waals surface area (Å²) in [7, 11) is 0. The lowest BCUT2D eigenvalue weighted by Gasteiger charge is -2.30. The van der Waals surface area contributed by atoms with Gasteiger partial charge in [0.1, 0.15) is 6.17 Å². The van der Waals surface area contributed by atoms with Gasteiger partial charge in [-0.15, -0.1) is 0 Å². The third kappa shape index (κ3) is 4.99. The highest BCUT2D eigenvalue weighted by Crippen LogP contribution is 2.50. The average Bonchev–Trinajstić information content (AvgIpc) is 3.30. The third-order valence-electron chi connectivity index (χ3n) is 5.55. The molecule has 14 heteroatoms. The van der Waals surface area contributed by atoms with Crippen LogP contribution in [0.1, 0.15) is 29.5 Å². The summed E-state index contributed by atoms with van der Waals surface area (Å²) < 4.78 is 95.2. The molecule has 2 aromatic rings. The number of hydrazine groups is 1. The highest BCUT2D eigenvalue weighted by Gasteiger charge is 2.62. The molecule has 4 rings (SSSR count). The molecule has 1 saturated carbocycles. The number of nitrogens with zero attached hydrogens (tertiary/aromatic N) is 1. The van der Waals surface area contributed by atoms with Crippen molar-refractivity contribution < 1.29 is 40.4 Å². The maximum Gasteiger partial charge on any atom is 0.435 e. The molecule has 1 fully saturated rings. The second-order valence-electron chi connectivity index (χ2n) is 8.02. The summed E-state index contributed by atoms with van der Waals surface area (Å²) in [6.45, 7) is 0. The molecule has 2 aromatic carbocycles. The first kappa shape index (κ1) is 25.4. The zero-order chi connectivity index (χ0) is 25.8. The van der Waals surface area contributed by atoms with Crippen LogP contribution in [0.2, 0.25) is 10.0 Å². The van der Waals surface area contributed by atoms with Crippen molar-refractivity contribution in [2.45, 2.75) is 37.0 Å². The van der Waals surface area contributed by atoms with E-state index in [0.717, 1.165) is 6.07 Å². The molecule has 1 amide bonds. The fourth-order valence-corrected chi connectivity index (χ4v) is 3.90. The van der Waals surface area contributed by atoms with E-state index in [4.69, 9.17) is 28.0 Å². The van der Waals surface area contributed by atoms with E-state index in [9.17, 15) is 35.5 Å². The molecule has 5 nitrogen and oxygen atoms in total. The van der Waals surface area contributed by atoms with Crippen LogP contribution in [-0.4, -0.2) is 24.0 Å². The van der Waals surface area contributed by atoms with Crippen molar-refractivity contribution >= 4 is 40.5 Å². The molecule has 0 bridgehead atoms. The Hall–Kier alpha value is -2.73. The molecule has 1 aliphatic heterocycles. The van der Waals surface area contributed by atoms with Gasteiger partial charge in [0.15, 0.2) is 0 Å². The van der Waals surface area contributed by atoms with Gasteiger partial charge < -0.3 is 4.84 Å². The van der Waals surface area contributed by atoms with E-state index in [0.29, 0.717) is 12.1 Å². The number of halogens is 9. The lowest BCUT2D eigenvalue weighted by atomic mass is 9.85. The molecule has 35 heavy (non-hydrogen) atoms. The fourth-order valence-electron chi connectivity index (χ4n) is 3.50. The molecule has 2 aliphatic rings. The minimum Gasteiger partial charge on any atom is -0.374 e. The Labute approximate surface area is 203 Å². The number of anilines is 1. The molecular formula is C21H14Cl2F7N3O2. The van der Waals surface area contributed by atoms with Crippen LogP contribution < -0.4 is 10.9 Å². The van der Waals surface area contributed by atoms with Gasteiger partial charge in [-0.1, -0.05) is 34.4 Å². The van der Waals surface area contributed by atoms with Crippen LogP contribution >= 0.6 is 23.2 Å². The van der Waals surface area contributed by atoms with Crippen LogP contribution in [-0.2, 0) is 21.4 Å². The molecule has 188 valence electrons. The molecule has 1 heterocycles. The monoisotopic (exact) mass is 543 g/mol. The van der Waals surface area contributed by atoms with Gasteiger partial charge in [0.2, 0.25) is 5.91 Å². The lowest BCUT2D eigenvalue weighted by Crippen LogP contribution is -2.43. The van der Waals surface area contributed by atoms with Crippen molar-refractivity contribution in [1.82, 2.24) is 5.43 Å². The van der Waals surface area contributed by atoms with Crippen molar-refractivity contribution in [1.29, 1.82) is 0 Å². The van der Waals surface area contributed by atoms with Crippen molar-refractivity contribution in [3.05, 3.63) is 63.1 Å². The molecule has 0 aromatic heterocycles. The molecule has 0 saturated heterocycles. The molecule has 2 N–H and O–H groups in total. The van der Waals surface area contributed by atoms with Crippen LogP contribution in [0.25, 0.3) is 0 Å². The summed E-state index contributed by atoms with van der Waals surface area (Å²) in [4.78, 5) is 16.6. The number of nitrogens with one attached hydrogen (secondary N) is 2. The predicted octanol–water partition coefficient (Wildman–Crippen LogP) is 6.40. The summed E-state index contributed by atoms with van der Waals surface area (Å²) in [5.41, 5.74) is -0.818. The van der Waals surface area contributed by atoms with Gasteiger partial charge in [0.25, 0.3) is 5.60 Å². The Morgan fingerprint density at radius 1 is 1.09 bits per heavy atom. The van der Waals surface area contributed by atoms with Gasteiger partial charge in [-0.05, 0) is 36.8 Å². The first-order valence-electron chi connectivity index (χ1n) is 9.91. The Morgan fingerprint density at radius 2 is 1.77 bits per heavy atom. The van der Waals surface area contributed by atoms with Crippen LogP contribution in [0.5, 0.6) is 0 Å². The van der Waals surface area contributed by atoms with E-state index in [1.807, 2.05) is 0 Å². The van der Waals surface area contributed by atoms with Gasteiger partial charge >= 0.3 is 12.4 Å². The largest absolute Gasteiger partial charge is 0.435 e. The van der Waals surface area contributed by atoms with E-state index >= 15 is 0 Å². The van der Waals surface area contributed by atoms with Crippen molar-refractivity contribution in [2.75, 3.05) is 5.43 Å². The molecule has 1 aliphatic carbocycles. The van der Waals surface area contributed by atoms with E-state index < -0.39 is 58.5 Å². The van der Waals surface area contributed by atoms with Gasteiger partial charge in [-0.3, -0.25) is 15.6 Å². The average molecular weight is 544 g/mol. The third-order valence-corrected chi connectivity index (χ3v) is 6.09. The SMILES string of the molecule is O=C(NNc1cc(C2=NO[C@](c3cc(Cl)cc(C(F)(F)F)c3)(C(F)(F)F)C2)ccc1Cl)[C@@H]1C[C@@H]1F. The van der Waals surface area contributed by atoms with Crippen LogP contribution in [0.15, 0.2) is 41.6 Å². The highest BCUT2D eigenvalue weighted by molar-refractivity contribution is 6.33. The predicted molar refractivity (Wildman–Crippen MR) is 113 cm³/mol. The number of amides is 1. The number of oxime groups is 1. The van der Waals surface area contributed by atoms with Crippen molar-refractivity contribution in [3.8, 4) is 0 Å². The van der Waals surface area contributed by atoms with E-state index in [1.165, 1.54) is 18.2 Å². The number of carbonyl (C=O) groups is 1. The normalized spacial score (nSPS) is 24.0. The quantitative estimate of drug-likeness (QED) is 0.339. The summed E-state index contributed by atoms with van der Waals surface area (Å²) in [6, 6.07) is 5.45. The molecule has 0 radical (unpaired) electrons. The highest BCUT2D eigenvalue weighted by atomic mass is 35.5. The second kappa shape index (κ2) is 8.74. The zero-order valence-corrected chi connectivity index (χ0v) is 18.7. The Balaban J connectivity index is 1.62. The van der Waals surface area contributed by atoms with Crippen LogP contribution in [0.3, 0.4) is 0 Å². The summed E-state index contributed by atoms with van der Waals surface area (Å²) in [5.74, 6) is -1.43. The Kier molecular flexibility index (Phi) is 6.33. The fraction of sp³-hybridized carbons (Fsp3) is 0.333. The van der Waals surface area contributed by atoms with Crippen molar-refractivity contribution in [3.63, 3.8) is 0 Å². The van der Waals surface area contributed by atoms with Crippen LogP contribution in [0.4, 0.5) is 36.4 Å². The van der Waals surface area contributed by atoms with Gasteiger partial charge in [-0.25, -0.2) is 4.39 Å². The first-order valence-corrected chi connectivity index (χ1v) is 10.7. The van der Waals surface area contributed by atoms with Crippen molar-refractivity contribution in [2.24, 2.45) is 11.1 Å². The van der Waals surface area contributed by atoms with Gasteiger partial charge in [-0.2, -0.15) is 26.3 Å². The summed E-state index contributed by atoms with van der Waals surface area (Å²) in [5, 5.41) is 3.02. The number of hydrogen-bond acceptors (Lipinski definition) is 4. The number of hydrogen-bond donors (Lipinski definition) is 2. The van der Waals surface area contributed by atoms with Gasteiger partial charge in [0.05, 0.1) is 27.9 Å². The van der Waals surface area contributed by atoms with E-state index in [2.05, 4.69) is 16.0 Å². The summed E-state index contributed by atoms with van der Waals surface area (Å²) in [6.07, 6.45) is -12.2. The topological polar surface area (TPSA) is 62.7 Å². The summed E-state index contributed by atoms with van der Waals surface area (Å²) >= 11 is 11.7. The first-order chi connectivity index (χ1) is 16.2. The van der Waals surface area contributed by atoms with Gasteiger partial charge in [0, 0.05) is 22.6 Å². The maximum absolute atomic E-state index is 14.2. The number of carbonyl (C=O) groups excluding carboxylic acids is 1. The zero-order valence-electron chi connectivity index (χ0n) is 17.2. The molecule has 0 spiro atoms. The Bertz CT molecular complexity index is 1200. The second-order valence-corrected chi connectivity index (χ2v) is 8.87. The van der Waals surface area contributed by atoms with E-state index in [-0.39, 0.29) is 28.4 Å². The minimum absolute atomic E-state index is 0.0721. The Morgan fingerprint density at radius 3 is 2.37 bits per heavy atom. The number of alkyl halides is 7. The molecule has 3 atom stereocenters. The van der Waals surface area contributed by atoms with E-state index in [1.54, 1.807) is 0 Å². The van der Waals surface area contributed by atoms with Crippen LogP contribution in [0, 0.1) is 5.92 Å². The smallest absolute Gasteiger partial charge is 0.374 e. The molecular weight excluding hydrogens is 530 g/mol. The maximum atomic E-state index is 14.2. The number of benzene rings is 2. The standard InChI is InChI=1S/C21H14Cl2F7N3O2/c22-12-5-10(4-11(6-12)20(25,26)27)19(21(28,29)30)8-17(33-35-19)9-1-2-14(23)16(3-9)31-32-18(34)13-7-15(13)24/h1-6,13,15,31H,7-8H2,(H,32,34)/t13-,15+,19-/m1/s1. The lowest BCUT2D eigenvalue weighted by molar-refractivity contribution is -0.276.